The number of carbonyl (C=O) groups excluding carboxylic acids is 1. The number of rotatable bonds is 3. The number of fused-ring (bicyclic) bond motifs is 2. The van der Waals surface area contributed by atoms with Gasteiger partial charge in [-0.1, -0.05) is 6.42 Å². The number of nitrogens with one attached hydrogen (secondary N) is 2. The van der Waals surface area contributed by atoms with E-state index in [0.717, 1.165) is 25.7 Å². The van der Waals surface area contributed by atoms with E-state index in [1.807, 2.05) is 0 Å². The van der Waals surface area contributed by atoms with E-state index in [9.17, 15) is 9.59 Å². The lowest BCUT2D eigenvalue weighted by atomic mass is 9.67. The molecule has 6 heteroatoms. The van der Waals surface area contributed by atoms with Gasteiger partial charge in [0.25, 0.3) is 5.56 Å². The summed E-state index contributed by atoms with van der Waals surface area (Å²) >= 11 is 0. The smallest absolute Gasteiger partial charge is 0.254 e. The summed E-state index contributed by atoms with van der Waals surface area (Å²) in [5.41, 5.74) is 7.01. The second-order valence-electron chi connectivity index (χ2n) is 7.17. The lowest BCUT2D eigenvalue weighted by Crippen LogP contribution is -2.54. The van der Waals surface area contributed by atoms with Gasteiger partial charge in [0.2, 0.25) is 5.91 Å². The van der Waals surface area contributed by atoms with Crippen LogP contribution in [0.25, 0.3) is 0 Å². The maximum Gasteiger partial charge on any atom is 0.254 e. The molecule has 2 aliphatic rings. The van der Waals surface area contributed by atoms with Crippen LogP contribution in [0, 0.1) is 25.7 Å². The average molecular weight is 318 g/mol. The lowest BCUT2D eigenvalue weighted by molar-refractivity contribution is -0.122. The minimum Gasteiger partial charge on any atom is -0.353 e. The Bertz CT molecular complexity index is 640. The van der Waals surface area contributed by atoms with Crippen LogP contribution in [-0.2, 0) is 11.2 Å². The van der Waals surface area contributed by atoms with Gasteiger partial charge in [-0.3, -0.25) is 9.59 Å². The molecule has 126 valence electrons. The van der Waals surface area contributed by atoms with Gasteiger partial charge in [0.1, 0.15) is 5.82 Å². The van der Waals surface area contributed by atoms with E-state index < -0.39 is 0 Å². The molecule has 4 N–H and O–H groups in total. The Kier molecular flexibility index (Phi) is 4.53. The molecule has 0 aromatic carbocycles. The summed E-state index contributed by atoms with van der Waals surface area (Å²) in [6, 6.07) is 0.485. The van der Waals surface area contributed by atoms with Gasteiger partial charge in [-0.2, -0.15) is 0 Å². The summed E-state index contributed by atoms with van der Waals surface area (Å²) < 4.78 is 0. The molecule has 1 heterocycles. The Balaban J connectivity index is 1.69. The molecule has 2 unspecified atom stereocenters. The van der Waals surface area contributed by atoms with Crippen LogP contribution in [0.2, 0.25) is 0 Å². The maximum absolute atomic E-state index is 12.5. The van der Waals surface area contributed by atoms with Crippen LogP contribution in [0.5, 0.6) is 0 Å². The molecule has 6 nitrogen and oxygen atoms in total. The van der Waals surface area contributed by atoms with Crippen LogP contribution in [0.15, 0.2) is 4.79 Å². The zero-order valence-corrected chi connectivity index (χ0v) is 13.9. The van der Waals surface area contributed by atoms with Crippen LogP contribution in [0.3, 0.4) is 0 Å². The second-order valence-corrected chi connectivity index (χ2v) is 7.17. The van der Waals surface area contributed by atoms with Gasteiger partial charge < -0.3 is 16.0 Å². The number of aromatic amines is 1. The first-order valence-corrected chi connectivity index (χ1v) is 8.55. The monoisotopic (exact) mass is 318 g/mol. The number of amides is 1. The van der Waals surface area contributed by atoms with Crippen LogP contribution in [0.1, 0.15) is 49.2 Å². The highest BCUT2D eigenvalue weighted by Gasteiger charge is 2.39. The fraction of sp³-hybridized carbons (Fsp3) is 0.706. The Labute approximate surface area is 136 Å². The van der Waals surface area contributed by atoms with Crippen molar-refractivity contribution in [1.29, 1.82) is 0 Å². The maximum atomic E-state index is 12.5. The summed E-state index contributed by atoms with van der Waals surface area (Å²) in [6.45, 7) is 3.52. The first kappa shape index (κ1) is 16.2. The van der Waals surface area contributed by atoms with Gasteiger partial charge in [0.15, 0.2) is 0 Å². The van der Waals surface area contributed by atoms with Gasteiger partial charge in [0, 0.05) is 23.3 Å². The summed E-state index contributed by atoms with van der Waals surface area (Å²) in [6.07, 6.45) is 5.59. The van der Waals surface area contributed by atoms with Gasteiger partial charge in [-0.25, -0.2) is 4.98 Å². The molecule has 1 aromatic heterocycles. The first-order chi connectivity index (χ1) is 10.9. The summed E-state index contributed by atoms with van der Waals surface area (Å²) in [5.74, 6) is 1.46. The molecular weight excluding hydrogens is 292 g/mol. The number of H-pyrrole nitrogens is 1. The van der Waals surface area contributed by atoms with Crippen molar-refractivity contribution >= 4 is 5.91 Å². The van der Waals surface area contributed by atoms with E-state index in [2.05, 4.69) is 15.3 Å². The number of aromatic nitrogens is 2. The number of nitrogens with zero attached hydrogens (tertiary/aromatic N) is 1. The fourth-order valence-corrected chi connectivity index (χ4v) is 4.38. The van der Waals surface area contributed by atoms with Crippen molar-refractivity contribution in [3.05, 3.63) is 27.4 Å². The number of hydrogen-bond donors (Lipinski definition) is 3. The molecule has 0 radical (unpaired) electrons. The summed E-state index contributed by atoms with van der Waals surface area (Å²) in [5, 5.41) is 3.18. The molecule has 1 aromatic rings. The minimum absolute atomic E-state index is 0.0818. The highest BCUT2D eigenvalue weighted by atomic mass is 16.2. The Morgan fingerprint density at radius 1 is 1.30 bits per heavy atom. The standard InChI is InChI=1S/C17H26N4O2/c1-9-14(17(23)20-10(2)19-9)8-15(22)21-16-11-4-3-5-12(16)7-13(18)6-11/h11-13,16H,3-8,18H2,1-2H3,(H,21,22)(H,19,20,23). The molecule has 2 bridgehead atoms. The van der Waals surface area contributed by atoms with Crippen molar-refractivity contribution < 1.29 is 4.79 Å². The molecule has 1 amide bonds. The second kappa shape index (κ2) is 6.43. The molecule has 2 aliphatic carbocycles. The van der Waals surface area contributed by atoms with Crippen molar-refractivity contribution in [1.82, 2.24) is 15.3 Å². The quantitative estimate of drug-likeness (QED) is 0.772. The predicted molar refractivity (Wildman–Crippen MR) is 88.0 cm³/mol. The topological polar surface area (TPSA) is 101 Å². The van der Waals surface area contributed by atoms with E-state index in [1.54, 1.807) is 13.8 Å². The van der Waals surface area contributed by atoms with E-state index in [-0.39, 0.29) is 30.0 Å². The van der Waals surface area contributed by atoms with Crippen LogP contribution in [0.4, 0.5) is 0 Å². The van der Waals surface area contributed by atoms with Gasteiger partial charge in [-0.05, 0) is 51.4 Å². The molecular formula is C17H26N4O2. The molecule has 2 fully saturated rings. The van der Waals surface area contributed by atoms with Crippen molar-refractivity contribution in [2.75, 3.05) is 0 Å². The van der Waals surface area contributed by atoms with Crippen molar-refractivity contribution in [3.8, 4) is 0 Å². The lowest BCUT2D eigenvalue weighted by Gasteiger charge is -2.45. The minimum atomic E-state index is -0.212. The Hall–Kier alpha value is -1.69. The zero-order chi connectivity index (χ0) is 16.6. The molecule has 0 aliphatic heterocycles. The summed E-state index contributed by atoms with van der Waals surface area (Å²) in [4.78, 5) is 31.4. The normalized spacial score (nSPS) is 30.0. The number of aryl methyl sites for hydroxylation is 2. The number of carbonyl (C=O) groups is 1. The largest absolute Gasteiger partial charge is 0.353 e. The Morgan fingerprint density at radius 2 is 1.96 bits per heavy atom. The first-order valence-electron chi connectivity index (χ1n) is 8.55. The third-order valence-electron chi connectivity index (χ3n) is 5.38. The number of hydrogen-bond acceptors (Lipinski definition) is 4. The summed E-state index contributed by atoms with van der Waals surface area (Å²) in [7, 11) is 0. The van der Waals surface area contributed by atoms with Crippen LogP contribution in [-0.4, -0.2) is 28.0 Å². The fourth-order valence-electron chi connectivity index (χ4n) is 4.38. The highest BCUT2D eigenvalue weighted by Crippen LogP contribution is 2.39. The average Bonchev–Trinajstić information content (AvgIpc) is 2.44. The van der Waals surface area contributed by atoms with Gasteiger partial charge >= 0.3 is 0 Å². The van der Waals surface area contributed by atoms with Crippen molar-refractivity contribution in [2.24, 2.45) is 17.6 Å². The van der Waals surface area contributed by atoms with Crippen LogP contribution >= 0.6 is 0 Å². The van der Waals surface area contributed by atoms with E-state index in [4.69, 9.17) is 5.73 Å². The molecule has 23 heavy (non-hydrogen) atoms. The highest BCUT2D eigenvalue weighted by molar-refractivity contribution is 5.79. The predicted octanol–water partition coefficient (Wildman–Crippen LogP) is 0.951. The van der Waals surface area contributed by atoms with E-state index in [0.29, 0.717) is 28.9 Å². The molecule has 0 saturated heterocycles. The van der Waals surface area contributed by atoms with Gasteiger partial charge in [0.05, 0.1) is 6.42 Å². The SMILES string of the molecule is Cc1nc(C)c(CC(=O)NC2C3CCCC2CC(N)C3)c(=O)[nH]1. The molecule has 2 atom stereocenters. The molecule has 0 spiro atoms. The third-order valence-corrected chi connectivity index (χ3v) is 5.38. The zero-order valence-electron chi connectivity index (χ0n) is 13.9. The number of nitrogens with two attached hydrogens (primary N) is 1. The molecule has 2 saturated carbocycles. The van der Waals surface area contributed by atoms with Crippen LogP contribution < -0.4 is 16.6 Å². The third kappa shape index (κ3) is 3.47. The van der Waals surface area contributed by atoms with Gasteiger partial charge in [-0.15, -0.1) is 0 Å². The molecule has 3 rings (SSSR count). The van der Waals surface area contributed by atoms with Crippen molar-refractivity contribution in [2.45, 2.75) is 64.5 Å². The van der Waals surface area contributed by atoms with E-state index >= 15 is 0 Å². The Morgan fingerprint density at radius 3 is 2.57 bits per heavy atom. The van der Waals surface area contributed by atoms with Crippen molar-refractivity contribution in [3.63, 3.8) is 0 Å². The van der Waals surface area contributed by atoms with E-state index in [1.165, 1.54) is 6.42 Å².